The number of ether oxygens (including phenoxy) is 2. The number of esters is 1. The van der Waals surface area contributed by atoms with Crippen molar-refractivity contribution in [1.29, 1.82) is 0 Å². The molecule has 3 aromatic carbocycles. The van der Waals surface area contributed by atoms with Crippen LogP contribution in [0.25, 0.3) is 43.6 Å². The van der Waals surface area contributed by atoms with E-state index in [0.717, 1.165) is 54.7 Å². The van der Waals surface area contributed by atoms with Crippen LogP contribution in [0.15, 0.2) is 48.5 Å². The molecule has 4 heterocycles. The molecule has 1 fully saturated rings. The Morgan fingerprint density at radius 1 is 1.03 bits per heavy atom. The van der Waals surface area contributed by atoms with Crippen molar-refractivity contribution in [3.05, 3.63) is 59.7 Å². The van der Waals surface area contributed by atoms with Gasteiger partial charge in [-0.25, -0.2) is 4.79 Å². The molecule has 0 amide bonds. The van der Waals surface area contributed by atoms with E-state index in [-0.39, 0.29) is 12.2 Å². The fourth-order valence-corrected chi connectivity index (χ4v) is 7.13. The molecule has 5 aromatic rings. The van der Waals surface area contributed by atoms with E-state index >= 15 is 0 Å². The molecule has 3 aliphatic rings. The third-order valence-corrected chi connectivity index (χ3v) is 8.58. The highest BCUT2D eigenvalue weighted by Crippen LogP contribution is 2.58. The number of benzene rings is 3. The molecule has 8 rings (SSSR count). The zero-order valence-corrected chi connectivity index (χ0v) is 19.3. The normalized spacial score (nSPS) is 26.9. The Kier molecular flexibility index (Phi) is 3.32. The molecule has 2 aromatic heterocycles. The lowest BCUT2D eigenvalue weighted by molar-refractivity contribution is -0.202. The van der Waals surface area contributed by atoms with Crippen LogP contribution in [0.3, 0.4) is 0 Å². The van der Waals surface area contributed by atoms with Crippen LogP contribution in [0.4, 0.5) is 0 Å². The van der Waals surface area contributed by atoms with Crippen LogP contribution in [0.5, 0.6) is 0 Å². The number of para-hydroxylation sites is 2. The molecular formula is C28H22N2O5. The number of hydrogen-bond acceptors (Lipinski definition) is 5. The second-order valence-corrected chi connectivity index (χ2v) is 10.1. The Morgan fingerprint density at radius 2 is 1.71 bits per heavy atom. The van der Waals surface area contributed by atoms with Gasteiger partial charge in [0.2, 0.25) is 5.60 Å². The van der Waals surface area contributed by atoms with Crippen LogP contribution < -0.4 is 0 Å². The molecule has 0 saturated carbocycles. The Labute approximate surface area is 199 Å². The summed E-state index contributed by atoms with van der Waals surface area (Å²) in [5.41, 5.74) is 2.08. The summed E-state index contributed by atoms with van der Waals surface area (Å²) in [6.07, 6.45) is 0.549. The number of aryl methyl sites for hydroxylation is 1. The molecule has 7 heteroatoms. The van der Waals surface area contributed by atoms with Crippen LogP contribution in [-0.2, 0) is 26.4 Å². The number of Topliss-reactive ketones (excluding diaryl/α,β-unsaturated/α-hetero) is 1. The molecule has 35 heavy (non-hydrogen) atoms. The van der Waals surface area contributed by atoms with Gasteiger partial charge in [0.05, 0.1) is 29.2 Å². The zero-order chi connectivity index (χ0) is 23.9. The summed E-state index contributed by atoms with van der Waals surface area (Å²) in [4.78, 5) is 26.5. The molecule has 1 saturated heterocycles. The van der Waals surface area contributed by atoms with Crippen molar-refractivity contribution in [2.75, 3.05) is 7.11 Å². The minimum atomic E-state index is -1.91. The number of carbonyl (C=O) groups excluding carboxylic acids is 2. The Balaban J connectivity index is 1.73. The molecule has 0 radical (unpaired) electrons. The number of ketones is 1. The second kappa shape index (κ2) is 5.93. The van der Waals surface area contributed by atoms with Crippen molar-refractivity contribution in [2.45, 2.75) is 43.7 Å². The van der Waals surface area contributed by atoms with Crippen molar-refractivity contribution in [1.82, 2.24) is 9.13 Å². The highest BCUT2D eigenvalue weighted by atomic mass is 16.6. The number of aromatic nitrogens is 2. The lowest BCUT2D eigenvalue weighted by Gasteiger charge is -2.37. The smallest absolute Gasteiger partial charge is 0.343 e. The van der Waals surface area contributed by atoms with Gasteiger partial charge in [-0.05, 0) is 31.0 Å². The molecule has 0 spiro atoms. The number of carbonyl (C=O) groups is 2. The number of fused-ring (bicyclic) bond motifs is 13. The maximum Gasteiger partial charge on any atom is 0.343 e. The van der Waals surface area contributed by atoms with E-state index in [1.54, 1.807) is 6.92 Å². The van der Waals surface area contributed by atoms with Crippen LogP contribution in [0, 0.1) is 0 Å². The first-order chi connectivity index (χ1) is 16.9. The van der Waals surface area contributed by atoms with Crippen LogP contribution in [-0.4, -0.2) is 38.7 Å². The van der Waals surface area contributed by atoms with Gasteiger partial charge in [0.15, 0.2) is 11.5 Å². The van der Waals surface area contributed by atoms with E-state index in [4.69, 9.17) is 9.47 Å². The fourth-order valence-electron chi connectivity index (χ4n) is 7.13. The maximum absolute atomic E-state index is 13.3. The summed E-state index contributed by atoms with van der Waals surface area (Å²) in [5.74, 6) is -0.560. The van der Waals surface area contributed by atoms with E-state index in [9.17, 15) is 14.7 Å². The summed E-state index contributed by atoms with van der Waals surface area (Å²) in [7, 11) is 1.29. The molecule has 174 valence electrons. The molecule has 2 aliphatic heterocycles. The summed E-state index contributed by atoms with van der Waals surface area (Å²) in [6, 6.07) is 16.0. The molecule has 3 atom stereocenters. The zero-order valence-electron chi connectivity index (χ0n) is 19.3. The first kappa shape index (κ1) is 19.6. The van der Waals surface area contributed by atoms with E-state index in [2.05, 4.69) is 4.57 Å². The molecule has 0 unspecified atom stereocenters. The van der Waals surface area contributed by atoms with E-state index in [0.29, 0.717) is 12.8 Å². The van der Waals surface area contributed by atoms with Crippen LogP contribution >= 0.6 is 0 Å². The highest BCUT2D eigenvalue weighted by molar-refractivity contribution is 6.31. The van der Waals surface area contributed by atoms with Crippen LogP contribution in [0.2, 0.25) is 0 Å². The molecule has 7 nitrogen and oxygen atoms in total. The monoisotopic (exact) mass is 466 g/mol. The summed E-state index contributed by atoms with van der Waals surface area (Å²) >= 11 is 0. The van der Waals surface area contributed by atoms with E-state index < -0.39 is 23.5 Å². The predicted molar refractivity (Wildman–Crippen MR) is 130 cm³/mol. The lowest BCUT2D eigenvalue weighted by atomic mass is 9.88. The summed E-state index contributed by atoms with van der Waals surface area (Å²) in [6.45, 7) is 1.77. The van der Waals surface area contributed by atoms with Gasteiger partial charge in [0, 0.05) is 39.9 Å². The second-order valence-electron chi connectivity index (χ2n) is 10.1. The molecule has 1 N–H and O–H groups in total. The van der Waals surface area contributed by atoms with Gasteiger partial charge in [-0.3, -0.25) is 4.79 Å². The number of rotatable bonds is 1. The van der Waals surface area contributed by atoms with Gasteiger partial charge in [0.1, 0.15) is 6.23 Å². The number of methoxy groups -OCH3 is 1. The average Bonchev–Trinajstić information content (AvgIpc) is 3.55. The molecular weight excluding hydrogens is 444 g/mol. The van der Waals surface area contributed by atoms with Gasteiger partial charge in [-0.1, -0.05) is 36.4 Å². The first-order valence-electron chi connectivity index (χ1n) is 11.9. The quantitative estimate of drug-likeness (QED) is 0.367. The van der Waals surface area contributed by atoms with Crippen molar-refractivity contribution in [3.8, 4) is 0 Å². The van der Waals surface area contributed by atoms with E-state index in [1.165, 1.54) is 7.11 Å². The van der Waals surface area contributed by atoms with Crippen LogP contribution in [0.1, 0.15) is 41.9 Å². The van der Waals surface area contributed by atoms with Gasteiger partial charge < -0.3 is 23.7 Å². The van der Waals surface area contributed by atoms with Crippen molar-refractivity contribution in [3.63, 3.8) is 0 Å². The highest BCUT2D eigenvalue weighted by Gasteiger charge is 2.65. The summed E-state index contributed by atoms with van der Waals surface area (Å²) < 4.78 is 15.9. The minimum Gasteiger partial charge on any atom is -0.467 e. The fraction of sp³-hybridized carbons (Fsp3) is 0.286. The third-order valence-electron chi connectivity index (χ3n) is 8.58. The maximum atomic E-state index is 13.3. The molecule has 2 bridgehead atoms. The molecule has 1 aliphatic carbocycles. The Bertz CT molecular complexity index is 1830. The largest absolute Gasteiger partial charge is 0.467 e. The number of hydrogen-bond donors (Lipinski definition) is 1. The average molecular weight is 466 g/mol. The van der Waals surface area contributed by atoms with Gasteiger partial charge in [-0.2, -0.15) is 0 Å². The van der Waals surface area contributed by atoms with Gasteiger partial charge >= 0.3 is 5.97 Å². The summed E-state index contributed by atoms with van der Waals surface area (Å²) in [5, 5.41) is 15.9. The lowest BCUT2D eigenvalue weighted by Crippen LogP contribution is -2.56. The van der Waals surface area contributed by atoms with Crippen molar-refractivity contribution < 1.29 is 24.2 Å². The third kappa shape index (κ3) is 1.93. The number of aliphatic hydroxyl groups is 1. The van der Waals surface area contributed by atoms with Gasteiger partial charge in [0.25, 0.3) is 0 Å². The Hall–Kier alpha value is -3.68. The number of nitrogens with zero attached hydrogens (tertiary/aromatic N) is 2. The van der Waals surface area contributed by atoms with Crippen molar-refractivity contribution in [2.24, 2.45) is 0 Å². The van der Waals surface area contributed by atoms with Gasteiger partial charge in [-0.15, -0.1) is 0 Å². The Morgan fingerprint density at radius 3 is 2.46 bits per heavy atom. The van der Waals surface area contributed by atoms with Crippen molar-refractivity contribution >= 4 is 55.4 Å². The predicted octanol–water partition coefficient (Wildman–Crippen LogP) is 4.54. The minimum absolute atomic E-state index is 0.0302. The topological polar surface area (TPSA) is 82.7 Å². The SMILES string of the molecule is COC(=O)[C@@]1(O)C[C@H]2O[C@]1(C)n1c3ccccc3c3c4c(c5c6ccccc6n2c5c31)C(=O)CC4. The first-order valence-corrected chi connectivity index (χ1v) is 11.9. The van der Waals surface area contributed by atoms with E-state index in [1.807, 2.05) is 53.1 Å². The standard InChI is InChI=1S/C28H22N2O5/c1-27-28(33,26(32)34-2)13-20(35-27)29-17-9-5-3-7-14(17)23-22-16(11-12-19(22)31)21-15-8-4-6-10-18(15)30(27)25(21)24(23)29/h3-10,20,33H,11-13H2,1-2H3/t20-,27+,28+/m1/s1.